The van der Waals surface area contributed by atoms with Crippen LogP contribution < -0.4 is 4.90 Å². The van der Waals surface area contributed by atoms with E-state index in [1.54, 1.807) is 0 Å². The quantitative estimate of drug-likeness (QED) is 0.180. The van der Waals surface area contributed by atoms with E-state index >= 15 is 0 Å². The normalized spacial score (nSPS) is 13.1. The van der Waals surface area contributed by atoms with Crippen molar-refractivity contribution in [1.29, 1.82) is 0 Å². The molecule has 11 rings (SSSR count). The van der Waals surface area contributed by atoms with Gasteiger partial charge in [0.15, 0.2) is 0 Å². The third-order valence-electron chi connectivity index (χ3n) is 10.4. The Morgan fingerprint density at radius 3 is 1.83 bits per heavy atom. The number of nitrogens with zero attached hydrogens (tertiary/aromatic N) is 2. The topological polar surface area (TPSA) is 21.3 Å². The molecular weight excluding hydrogens is 645 g/mol. The van der Waals surface area contributed by atoms with Gasteiger partial charge < -0.3 is 13.9 Å². The second kappa shape index (κ2) is 11.7. The molecule has 0 aliphatic heterocycles. The first kappa shape index (κ1) is 25.0. The second-order valence-electron chi connectivity index (χ2n) is 13.4. The van der Waals surface area contributed by atoms with Gasteiger partial charge in [0.05, 0.1) is 23.6 Å². The molecule has 53 heavy (non-hydrogen) atoms. The van der Waals surface area contributed by atoms with Gasteiger partial charge in [-0.15, -0.1) is 0 Å². The van der Waals surface area contributed by atoms with Crippen LogP contribution in [0.15, 0.2) is 198 Å². The van der Waals surface area contributed by atoms with Crippen molar-refractivity contribution in [2.75, 3.05) is 4.90 Å². The van der Waals surface area contributed by atoms with Gasteiger partial charge in [0, 0.05) is 49.4 Å². The fraction of sp³-hybridized carbons (Fsp3) is 0. The molecule has 0 saturated carbocycles. The number of rotatable bonds is 5. The van der Waals surface area contributed by atoms with Crippen molar-refractivity contribution >= 4 is 82.4 Å². The second-order valence-corrected chi connectivity index (χ2v) is 13.4. The summed E-state index contributed by atoms with van der Waals surface area (Å²) in [7, 11) is 0. The summed E-state index contributed by atoms with van der Waals surface area (Å²) in [6.07, 6.45) is 0. The molecule has 0 bridgehead atoms. The molecule has 3 heteroatoms. The Morgan fingerprint density at radius 2 is 1.08 bits per heavy atom. The molecule has 2 aromatic heterocycles. The van der Waals surface area contributed by atoms with E-state index in [0.29, 0.717) is 5.56 Å². The van der Waals surface area contributed by atoms with Crippen molar-refractivity contribution in [2.45, 2.75) is 0 Å². The minimum Gasteiger partial charge on any atom is -0.455 e. The number of benzene rings is 9. The highest BCUT2D eigenvalue weighted by atomic mass is 16.3. The van der Waals surface area contributed by atoms with Gasteiger partial charge in [0.2, 0.25) is 0 Å². The van der Waals surface area contributed by atoms with E-state index in [2.05, 4.69) is 119 Å². The number of anilines is 3. The van der Waals surface area contributed by atoms with Crippen LogP contribution in [0.4, 0.5) is 17.1 Å². The number of furan rings is 1. The van der Waals surface area contributed by atoms with Crippen molar-refractivity contribution in [1.82, 2.24) is 4.57 Å². The summed E-state index contributed by atoms with van der Waals surface area (Å²) in [5.74, 6) is 0. The molecule has 3 nitrogen and oxygen atoms in total. The lowest BCUT2D eigenvalue weighted by Gasteiger charge is -2.27. The summed E-state index contributed by atoms with van der Waals surface area (Å²) in [6.45, 7) is 0. The lowest BCUT2D eigenvalue weighted by atomic mass is 10.0. The molecule has 0 atom stereocenters. The first-order valence-electron chi connectivity index (χ1n) is 20.2. The molecule has 248 valence electrons. The molecule has 0 spiro atoms. The molecule has 0 radical (unpaired) electrons. The largest absolute Gasteiger partial charge is 0.455 e. The number of aromatic nitrogens is 1. The van der Waals surface area contributed by atoms with Crippen LogP contribution in [0.1, 0.15) is 6.85 Å². The summed E-state index contributed by atoms with van der Waals surface area (Å²) in [5, 5.41) is 8.60. The van der Waals surface area contributed by atoms with Gasteiger partial charge in [0.25, 0.3) is 0 Å². The van der Waals surface area contributed by atoms with Crippen LogP contribution in [0, 0.1) is 0 Å². The van der Waals surface area contributed by atoms with E-state index in [4.69, 9.17) is 11.3 Å². The van der Waals surface area contributed by atoms with Crippen molar-refractivity contribution in [3.63, 3.8) is 0 Å². The predicted molar refractivity (Wildman–Crippen MR) is 223 cm³/mol. The first-order valence-corrected chi connectivity index (χ1v) is 17.7. The zero-order valence-electron chi connectivity index (χ0n) is 33.4. The molecule has 11 aromatic rings. The van der Waals surface area contributed by atoms with E-state index in [9.17, 15) is 0 Å². The minimum absolute atomic E-state index is 0.170. The summed E-state index contributed by atoms with van der Waals surface area (Å²) in [6, 6.07) is 54.8. The highest BCUT2D eigenvalue weighted by Gasteiger charge is 2.21. The SMILES string of the molecule is [2H]c1c([2H])c([2H])c(-c2ccc(N(c3ccc4ccc(-n5c6ccccc6c6ccccc65)cc4c3)c3cc4c5ccccc5oc4c4ccccc34)cc2)c([2H])c1[2H]. The zero-order valence-corrected chi connectivity index (χ0v) is 28.4. The fourth-order valence-electron chi connectivity index (χ4n) is 8.01. The van der Waals surface area contributed by atoms with Gasteiger partial charge in [-0.3, -0.25) is 0 Å². The van der Waals surface area contributed by atoms with Crippen LogP contribution in [0.5, 0.6) is 0 Å². The molecule has 0 saturated heterocycles. The Balaban J connectivity index is 1.15. The van der Waals surface area contributed by atoms with E-state index in [-0.39, 0.29) is 29.7 Å². The molecule has 0 N–H and O–H groups in total. The maximum absolute atomic E-state index is 8.64. The molecule has 9 aromatic carbocycles. The van der Waals surface area contributed by atoms with Gasteiger partial charge >= 0.3 is 0 Å². The van der Waals surface area contributed by atoms with Gasteiger partial charge in [-0.2, -0.15) is 0 Å². The van der Waals surface area contributed by atoms with Gasteiger partial charge in [-0.1, -0.05) is 133 Å². The van der Waals surface area contributed by atoms with Crippen LogP contribution in [-0.2, 0) is 0 Å². The molecule has 0 aliphatic carbocycles. The predicted octanol–water partition coefficient (Wildman–Crippen LogP) is 14.1. The first-order chi connectivity index (χ1) is 28.4. The fourth-order valence-corrected chi connectivity index (χ4v) is 8.01. The lowest BCUT2D eigenvalue weighted by molar-refractivity contribution is 0.672. The van der Waals surface area contributed by atoms with E-state index in [0.717, 1.165) is 77.3 Å². The highest BCUT2D eigenvalue weighted by molar-refractivity contribution is 6.20. The number of fused-ring (bicyclic) bond motifs is 9. The highest BCUT2D eigenvalue weighted by Crippen LogP contribution is 2.45. The summed E-state index contributed by atoms with van der Waals surface area (Å²) >= 11 is 0. The molecule has 0 unspecified atom stereocenters. The van der Waals surface area contributed by atoms with Crippen molar-refractivity contribution < 1.29 is 11.3 Å². The molecule has 0 amide bonds. The Kier molecular flexibility index (Phi) is 5.52. The van der Waals surface area contributed by atoms with Crippen molar-refractivity contribution in [2.24, 2.45) is 0 Å². The lowest BCUT2D eigenvalue weighted by Crippen LogP contribution is -2.10. The number of para-hydroxylation sites is 3. The number of hydrogen-bond donors (Lipinski definition) is 0. The summed E-state index contributed by atoms with van der Waals surface area (Å²) in [5.41, 5.74) is 8.42. The Bertz CT molecular complexity index is 3400. The average molecular weight is 682 g/mol. The standard InChI is InChI=1S/C50H32N2O/c1-2-12-33(13-3-1)34-22-26-37(27-23-34)51(48-32-45-43-17-8-11-21-49(43)53-50(45)44-18-5-4-16-42(44)48)38-28-24-35-25-29-39(31-36(35)30-38)52-46-19-9-6-14-40(46)41-15-7-10-20-47(41)52/h1-32H/i1D,2D,3D,12D,13D. The Hall–Kier alpha value is -7.10. The monoisotopic (exact) mass is 681 g/mol. The maximum Gasteiger partial charge on any atom is 0.143 e. The third-order valence-corrected chi connectivity index (χ3v) is 10.4. The van der Waals surface area contributed by atoms with Crippen LogP contribution in [0.3, 0.4) is 0 Å². The number of hydrogen-bond acceptors (Lipinski definition) is 2. The van der Waals surface area contributed by atoms with Gasteiger partial charge in [-0.05, 0) is 82.6 Å². The smallest absolute Gasteiger partial charge is 0.143 e. The van der Waals surface area contributed by atoms with Crippen LogP contribution in [0.25, 0.3) is 82.1 Å². The van der Waals surface area contributed by atoms with Crippen molar-refractivity contribution in [3.05, 3.63) is 194 Å². The van der Waals surface area contributed by atoms with E-state index in [1.165, 1.54) is 10.8 Å². The Labute approximate surface area is 313 Å². The molecule has 0 fully saturated rings. The van der Waals surface area contributed by atoms with Crippen LogP contribution >= 0.6 is 0 Å². The van der Waals surface area contributed by atoms with E-state index in [1.807, 2.05) is 54.6 Å². The minimum atomic E-state index is -0.409. The van der Waals surface area contributed by atoms with Crippen molar-refractivity contribution in [3.8, 4) is 16.8 Å². The van der Waals surface area contributed by atoms with E-state index < -0.39 is 6.04 Å². The summed E-state index contributed by atoms with van der Waals surface area (Å²) < 4.78 is 50.8. The average Bonchev–Trinajstić information content (AvgIpc) is 3.81. The molecule has 0 aliphatic rings. The summed E-state index contributed by atoms with van der Waals surface area (Å²) in [4.78, 5) is 2.24. The molecular formula is C50H32N2O. The van der Waals surface area contributed by atoms with Gasteiger partial charge in [0.1, 0.15) is 11.2 Å². The molecule has 2 heterocycles. The zero-order chi connectivity index (χ0) is 39.2. The van der Waals surface area contributed by atoms with Crippen LogP contribution in [-0.4, -0.2) is 4.57 Å². The Morgan fingerprint density at radius 1 is 0.453 bits per heavy atom. The third kappa shape index (κ3) is 4.68. The van der Waals surface area contributed by atoms with Gasteiger partial charge in [-0.25, -0.2) is 0 Å². The maximum atomic E-state index is 8.64. The van der Waals surface area contributed by atoms with Crippen LogP contribution in [0.2, 0.25) is 0 Å².